The van der Waals surface area contributed by atoms with Crippen molar-refractivity contribution < 1.29 is 0 Å². The van der Waals surface area contributed by atoms with Crippen LogP contribution >= 0.6 is 0 Å². The Balaban J connectivity index is 2.56. The topological polar surface area (TPSA) is 15.3 Å². The largest absolute Gasteiger partial charge is 0.313 e. The second-order valence-electron chi connectivity index (χ2n) is 4.92. The summed E-state index contributed by atoms with van der Waals surface area (Å²) in [5, 5.41) is 3.35. The third kappa shape index (κ3) is 4.79. The molecule has 0 fully saturated rings. The van der Waals surface area contributed by atoms with Gasteiger partial charge in [0.25, 0.3) is 0 Å². The highest BCUT2D eigenvalue weighted by atomic mass is 15.1. The molecule has 1 unspecified atom stereocenters. The summed E-state index contributed by atoms with van der Waals surface area (Å²) in [7, 11) is 0. The Labute approximate surface area is 112 Å². The molecule has 18 heavy (non-hydrogen) atoms. The van der Waals surface area contributed by atoms with Gasteiger partial charge in [-0.2, -0.15) is 0 Å². The zero-order valence-electron chi connectivity index (χ0n) is 12.4. The van der Waals surface area contributed by atoms with E-state index in [-0.39, 0.29) is 0 Å². The lowest BCUT2D eigenvalue weighted by molar-refractivity contribution is 0.206. The molecule has 0 aliphatic heterocycles. The Morgan fingerprint density at radius 2 is 1.67 bits per heavy atom. The molecular weight excluding hydrogens is 220 g/mol. The highest BCUT2D eigenvalue weighted by Gasteiger charge is 2.10. The fraction of sp³-hybridized carbons (Fsp3) is 0.625. The molecule has 0 heterocycles. The standard InChI is InChI=1S/C16H28N2/c1-5-14(4)18(7-3)13-16-10-8-15(9-11-16)12-17-6-2/h8-11,14,17H,5-7,12-13H2,1-4H3. The van der Waals surface area contributed by atoms with Gasteiger partial charge in [0.1, 0.15) is 0 Å². The predicted octanol–water partition coefficient (Wildman–Crippen LogP) is 3.42. The van der Waals surface area contributed by atoms with Crippen LogP contribution < -0.4 is 5.32 Å². The fourth-order valence-electron chi connectivity index (χ4n) is 2.10. The van der Waals surface area contributed by atoms with Crippen molar-refractivity contribution in [3.63, 3.8) is 0 Å². The Morgan fingerprint density at radius 3 is 2.17 bits per heavy atom. The first-order valence-electron chi connectivity index (χ1n) is 7.23. The smallest absolute Gasteiger partial charge is 0.0236 e. The molecule has 1 atom stereocenters. The number of nitrogens with zero attached hydrogens (tertiary/aromatic N) is 1. The van der Waals surface area contributed by atoms with Crippen molar-refractivity contribution in [1.29, 1.82) is 0 Å². The molecule has 0 saturated heterocycles. The lowest BCUT2D eigenvalue weighted by Gasteiger charge is -2.27. The molecule has 1 rings (SSSR count). The van der Waals surface area contributed by atoms with Gasteiger partial charge in [-0.1, -0.05) is 45.0 Å². The average molecular weight is 248 g/mol. The molecule has 0 aliphatic rings. The van der Waals surface area contributed by atoms with E-state index < -0.39 is 0 Å². The molecule has 1 aromatic rings. The summed E-state index contributed by atoms with van der Waals surface area (Å²) in [5.41, 5.74) is 2.78. The molecule has 2 nitrogen and oxygen atoms in total. The van der Waals surface area contributed by atoms with Gasteiger partial charge in [-0.25, -0.2) is 0 Å². The van der Waals surface area contributed by atoms with Crippen molar-refractivity contribution in [2.45, 2.75) is 53.2 Å². The summed E-state index contributed by atoms with van der Waals surface area (Å²) in [6, 6.07) is 9.66. The number of benzene rings is 1. The second kappa shape index (κ2) is 8.28. The minimum Gasteiger partial charge on any atom is -0.313 e. The number of rotatable bonds is 8. The van der Waals surface area contributed by atoms with Crippen LogP contribution in [0.25, 0.3) is 0 Å². The highest BCUT2D eigenvalue weighted by Crippen LogP contribution is 2.11. The minimum absolute atomic E-state index is 0.663. The van der Waals surface area contributed by atoms with E-state index in [0.29, 0.717) is 6.04 Å². The first-order valence-corrected chi connectivity index (χ1v) is 7.23. The van der Waals surface area contributed by atoms with Crippen molar-refractivity contribution >= 4 is 0 Å². The molecular formula is C16H28N2. The van der Waals surface area contributed by atoms with Gasteiger partial charge in [0.05, 0.1) is 0 Å². The van der Waals surface area contributed by atoms with E-state index in [1.165, 1.54) is 17.5 Å². The molecule has 1 N–H and O–H groups in total. The Bertz CT molecular complexity index is 318. The van der Waals surface area contributed by atoms with Gasteiger partial charge in [0.15, 0.2) is 0 Å². The molecule has 0 aromatic heterocycles. The monoisotopic (exact) mass is 248 g/mol. The third-order valence-electron chi connectivity index (χ3n) is 3.61. The lowest BCUT2D eigenvalue weighted by atomic mass is 10.1. The zero-order valence-corrected chi connectivity index (χ0v) is 12.4. The van der Waals surface area contributed by atoms with E-state index >= 15 is 0 Å². The van der Waals surface area contributed by atoms with Gasteiger partial charge >= 0.3 is 0 Å². The molecule has 0 saturated carbocycles. The summed E-state index contributed by atoms with van der Waals surface area (Å²) < 4.78 is 0. The quantitative estimate of drug-likeness (QED) is 0.758. The number of hydrogen-bond donors (Lipinski definition) is 1. The highest BCUT2D eigenvalue weighted by molar-refractivity contribution is 5.22. The van der Waals surface area contributed by atoms with Crippen molar-refractivity contribution in [1.82, 2.24) is 10.2 Å². The molecule has 1 aromatic carbocycles. The Kier molecular flexibility index (Phi) is 6.99. The zero-order chi connectivity index (χ0) is 13.4. The lowest BCUT2D eigenvalue weighted by Crippen LogP contribution is -2.31. The molecule has 0 aliphatic carbocycles. The minimum atomic E-state index is 0.663. The van der Waals surface area contributed by atoms with Gasteiger partial charge in [0.2, 0.25) is 0 Å². The SMILES string of the molecule is CCNCc1ccc(CN(CC)C(C)CC)cc1. The van der Waals surface area contributed by atoms with Crippen LogP contribution in [0, 0.1) is 0 Å². The molecule has 0 amide bonds. The first kappa shape index (κ1) is 15.2. The Hall–Kier alpha value is -0.860. The van der Waals surface area contributed by atoms with E-state index in [9.17, 15) is 0 Å². The van der Waals surface area contributed by atoms with Crippen LogP contribution in [0.2, 0.25) is 0 Å². The van der Waals surface area contributed by atoms with Crippen LogP contribution in [-0.2, 0) is 13.1 Å². The maximum atomic E-state index is 3.35. The maximum Gasteiger partial charge on any atom is 0.0236 e. The normalized spacial score (nSPS) is 12.9. The summed E-state index contributed by atoms with van der Waals surface area (Å²) in [5.74, 6) is 0. The summed E-state index contributed by atoms with van der Waals surface area (Å²) >= 11 is 0. The van der Waals surface area contributed by atoms with Crippen molar-refractivity contribution in [2.24, 2.45) is 0 Å². The van der Waals surface area contributed by atoms with Crippen LogP contribution in [0.15, 0.2) is 24.3 Å². The van der Waals surface area contributed by atoms with E-state index in [0.717, 1.165) is 26.2 Å². The summed E-state index contributed by atoms with van der Waals surface area (Å²) in [6.07, 6.45) is 1.21. The van der Waals surface area contributed by atoms with Crippen molar-refractivity contribution in [2.75, 3.05) is 13.1 Å². The average Bonchev–Trinajstić information content (AvgIpc) is 2.43. The van der Waals surface area contributed by atoms with Gasteiger partial charge in [-0.15, -0.1) is 0 Å². The molecule has 102 valence electrons. The third-order valence-corrected chi connectivity index (χ3v) is 3.61. The van der Waals surface area contributed by atoms with Crippen LogP contribution in [0.3, 0.4) is 0 Å². The molecule has 0 spiro atoms. The van der Waals surface area contributed by atoms with Crippen molar-refractivity contribution in [3.8, 4) is 0 Å². The van der Waals surface area contributed by atoms with Gasteiger partial charge in [-0.3, -0.25) is 4.90 Å². The number of hydrogen-bond acceptors (Lipinski definition) is 2. The maximum absolute atomic E-state index is 3.35. The summed E-state index contributed by atoms with van der Waals surface area (Å²) in [4.78, 5) is 2.53. The van der Waals surface area contributed by atoms with Gasteiger partial charge < -0.3 is 5.32 Å². The van der Waals surface area contributed by atoms with Crippen molar-refractivity contribution in [3.05, 3.63) is 35.4 Å². The van der Waals surface area contributed by atoms with Crippen LogP contribution in [0.4, 0.5) is 0 Å². The van der Waals surface area contributed by atoms with Crippen LogP contribution in [0.1, 0.15) is 45.2 Å². The molecule has 0 radical (unpaired) electrons. The van der Waals surface area contributed by atoms with Crippen LogP contribution in [-0.4, -0.2) is 24.0 Å². The second-order valence-corrected chi connectivity index (χ2v) is 4.92. The van der Waals surface area contributed by atoms with Gasteiger partial charge in [-0.05, 0) is 37.6 Å². The van der Waals surface area contributed by atoms with Crippen LogP contribution in [0.5, 0.6) is 0 Å². The first-order chi connectivity index (χ1) is 8.71. The number of nitrogens with one attached hydrogen (secondary N) is 1. The fourth-order valence-corrected chi connectivity index (χ4v) is 2.10. The van der Waals surface area contributed by atoms with Gasteiger partial charge in [0, 0.05) is 19.1 Å². The molecule has 2 heteroatoms. The van der Waals surface area contributed by atoms with E-state index in [4.69, 9.17) is 0 Å². The Morgan fingerprint density at radius 1 is 1.06 bits per heavy atom. The van der Waals surface area contributed by atoms with E-state index in [2.05, 4.69) is 62.2 Å². The molecule has 0 bridgehead atoms. The van der Waals surface area contributed by atoms with E-state index in [1.54, 1.807) is 0 Å². The predicted molar refractivity (Wildman–Crippen MR) is 79.7 cm³/mol. The summed E-state index contributed by atoms with van der Waals surface area (Å²) in [6.45, 7) is 13.1. The van der Waals surface area contributed by atoms with E-state index in [1.807, 2.05) is 0 Å².